The van der Waals surface area contributed by atoms with E-state index in [4.69, 9.17) is 14.2 Å². The van der Waals surface area contributed by atoms with Crippen LogP contribution in [-0.2, 0) is 9.59 Å². The maximum atomic E-state index is 12.8. The topological polar surface area (TPSA) is 77.1 Å². The van der Waals surface area contributed by atoms with Gasteiger partial charge in [-0.2, -0.15) is 0 Å². The first-order valence-corrected chi connectivity index (χ1v) is 9.36. The molecule has 1 atom stereocenters. The van der Waals surface area contributed by atoms with Gasteiger partial charge in [0, 0.05) is 36.5 Å². The van der Waals surface area contributed by atoms with Crippen molar-refractivity contribution in [3.8, 4) is 17.2 Å². The highest BCUT2D eigenvalue weighted by Gasteiger charge is 2.35. The lowest BCUT2D eigenvalue weighted by atomic mass is 10.1. The van der Waals surface area contributed by atoms with Crippen LogP contribution in [0.3, 0.4) is 0 Å². The number of nitrogens with zero attached hydrogens (tertiary/aromatic N) is 1. The average molecular weight is 398 g/mol. The van der Waals surface area contributed by atoms with E-state index in [1.807, 2.05) is 32.0 Å². The number of carbonyl (C=O) groups is 2. The van der Waals surface area contributed by atoms with E-state index in [-0.39, 0.29) is 18.2 Å². The number of methoxy groups -OCH3 is 3. The zero-order chi connectivity index (χ0) is 21.1. The third-order valence-electron chi connectivity index (χ3n) is 5.23. The molecule has 1 unspecified atom stereocenters. The summed E-state index contributed by atoms with van der Waals surface area (Å²) in [4.78, 5) is 27.0. The molecule has 1 heterocycles. The van der Waals surface area contributed by atoms with Crippen LogP contribution in [0.25, 0.3) is 0 Å². The zero-order valence-corrected chi connectivity index (χ0v) is 17.4. The first-order valence-electron chi connectivity index (χ1n) is 9.36. The fourth-order valence-corrected chi connectivity index (χ4v) is 3.42. The summed E-state index contributed by atoms with van der Waals surface area (Å²) in [5.74, 6) is 0.619. The van der Waals surface area contributed by atoms with Gasteiger partial charge in [-0.15, -0.1) is 0 Å². The molecule has 0 spiro atoms. The fourth-order valence-electron chi connectivity index (χ4n) is 3.42. The lowest BCUT2D eigenvalue weighted by molar-refractivity contribution is -0.122. The van der Waals surface area contributed by atoms with Gasteiger partial charge in [0.25, 0.3) is 0 Å². The van der Waals surface area contributed by atoms with Gasteiger partial charge in [0.2, 0.25) is 17.6 Å². The summed E-state index contributed by atoms with van der Waals surface area (Å²) in [5.41, 5.74) is 3.61. The van der Waals surface area contributed by atoms with Crippen LogP contribution in [0.1, 0.15) is 17.5 Å². The standard InChI is InChI=1S/C22H26N2O5/c1-13-6-7-17(8-14(13)2)24-12-15(9-20(24)25)22(26)23-16-10-18(27-3)21(29-5)19(11-16)28-4/h6-8,10-11,15H,9,12H2,1-5H3,(H,23,26). The van der Waals surface area contributed by atoms with E-state index in [2.05, 4.69) is 5.32 Å². The number of ether oxygens (including phenoxy) is 3. The van der Waals surface area contributed by atoms with Gasteiger partial charge in [-0.1, -0.05) is 6.07 Å². The Morgan fingerprint density at radius 3 is 2.21 bits per heavy atom. The van der Waals surface area contributed by atoms with Gasteiger partial charge in [-0.25, -0.2) is 0 Å². The fraction of sp³-hybridized carbons (Fsp3) is 0.364. The van der Waals surface area contributed by atoms with E-state index in [0.717, 1.165) is 16.8 Å². The van der Waals surface area contributed by atoms with Crippen molar-refractivity contribution >= 4 is 23.2 Å². The second kappa shape index (κ2) is 8.43. The first kappa shape index (κ1) is 20.5. The van der Waals surface area contributed by atoms with E-state index in [1.165, 1.54) is 21.3 Å². The van der Waals surface area contributed by atoms with Crippen LogP contribution in [0.15, 0.2) is 30.3 Å². The predicted octanol–water partition coefficient (Wildman–Crippen LogP) is 3.32. The molecule has 7 nitrogen and oxygen atoms in total. The minimum atomic E-state index is -0.441. The quantitative estimate of drug-likeness (QED) is 0.808. The van der Waals surface area contributed by atoms with Crippen LogP contribution in [0.4, 0.5) is 11.4 Å². The van der Waals surface area contributed by atoms with Crippen LogP contribution in [0, 0.1) is 19.8 Å². The molecule has 7 heteroatoms. The molecule has 0 aliphatic carbocycles. The van der Waals surface area contributed by atoms with E-state index in [1.54, 1.807) is 17.0 Å². The minimum Gasteiger partial charge on any atom is -0.493 e. The van der Waals surface area contributed by atoms with Crippen molar-refractivity contribution in [2.24, 2.45) is 5.92 Å². The number of carbonyl (C=O) groups excluding carboxylic acids is 2. The Kier molecular flexibility index (Phi) is 5.96. The maximum Gasteiger partial charge on any atom is 0.229 e. The molecule has 1 aliphatic heterocycles. The zero-order valence-electron chi connectivity index (χ0n) is 17.4. The van der Waals surface area contributed by atoms with Crippen LogP contribution in [0.2, 0.25) is 0 Å². The van der Waals surface area contributed by atoms with Gasteiger partial charge < -0.3 is 24.4 Å². The Morgan fingerprint density at radius 2 is 1.66 bits per heavy atom. The summed E-state index contributed by atoms with van der Waals surface area (Å²) in [5, 5.41) is 2.86. The number of rotatable bonds is 6. The number of hydrogen-bond acceptors (Lipinski definition) is 5. The highest BCUT2D eigenvalue weighted by atomic mass is 16.5. The number of nitrogens with one attached hydrogen (secondary N) is 1. The Labute approximate surface area is 170 Å². The molecular weight excluding hydrogens is 372 g/mol. The molecule has 154 valence electrons. The van der Waals surface area contributed by atoms with Gasteiger partial charge in [0.1, 0.15) is 0 Å². The van der Waals surface area contributed by atoms with Crippen molar-refractivity contribution in [2.75, 3.05) is 38.1 Å². The van der Waals surface area contributed by atoms with E-state index in [0.29, 0.717) is 29.5 Å². The van der Waals surface area contributed by atoms with Crippen molar-refractivity contribution in [1.82, 2.24) is 0 Å². The maximum absolute atomic E-state index is 12.8. The molecule has 1 fully saturated rings. The molecule has 1 saturated heterocycles. The monoisotopic (exact) mass is 398 g/mol. The largest absolute Gasteiger partial charge is 0.493 e. The Morgan fingerprint density at radius 1 is 1.00 bits per heavy atom. The molecule has 3 rings (SSSR count). The van der Waals surface area contributed by atoms with Gasteiger partial charge in [0.05, 0.1) is 27.2 Å². The van der Waals surface area contributed by atoms with Gasteiger partial charge in [-0.3, -0.25) is 9.59 Å². The number of hydrogen-bond donors (Lipinski definition) is 1. The molecule has 29 heavy (non-hydrogen) atoms. The Balaban J connectivity index is 1.76. The number of anilines is 2. The molecule has 1 N–H and O–H groups in total. The summed E-state index contributed by atoms with van der Waals surface area (Å²) < 4.78 is 15.9. The molecular formula is C22H26N2O5. The Hall–Kier alpha value is -3.22. The number of amides is 2. The minimum absolute atomic E-state index is 0.0571. The van der Waals surface area contributed by atoms with E-state index < -0.39 is 5.92 Å². The lowest BCUT2D eigenvalue weighted by Crippen LogP contribution is -2.28. The summed E-state index contributed by atoms with van der Waals surface area (Å²) in [6.45, 7) is 4.38. The lowest BCUT2D eigenvalue weighted by Gasteiger charge is -2.18. The van der Waals surface area contributed by atoms with Gasteiger partial charge >= 0.3 is 0 Å². The third-order valence-corrected chi connectivity index (χ3v) is 5.23. The smallest absolute Gasteiger partial charge is 0.229 e. The number of benzene rings is 2. The molecule has 0 aromatic heterocycles. The molecule has 2 aromatic carbocycles. The van der Waals surface area contributed by atoms with Crippen molar-refractivity contribution in [3.05, 3.63) is 41.5 Å². The second-order valence-electron chi connectivity index (χ2n) is 7.08. The average Bonchev–Trinajstić information content (AvgIpc) is 3.11. The molecule has 2 amide bonds. The summed E-state index contributed by atoms with van der Waals surface area (Å²) in [6.07, 6.45) is 0.170. The van der Waals surface area contributed by atoms with Crippen molar-refractivity contribution in [2.45, 2.75) is 20.3 Å². The highest BCUT2D eigenvalue weighted by Crippen LogP contribution is 2.40. The normalized spacial score (nSPS) is 16.0. The second-order valence-corrected chi connectivity index (χ2v) is 7.08. The molecule has 2 aromatic rings. The van der Waals surface area contributed by atoms with Gasteiger partial charge in [-0.05, 0) is 37.1 Å². The molecule has 1 aliphatic rings. The number of aryl methyl sites for hydroxylation is 2. The van der Waals surface area contributed by atoms with Crippen LogP contribution < -0.4 is 24.4 Å². The summed E-state index contributed by atoms with van der Waals surface area (Å²) in [7, 11) is 4.55. The van der Waals surface area contributed by atoms with Crippen LogP contribution in [0.5, 0.6) is 17.2 Å². The van der Waals surface area contributed by atoms with Crippen LogP contribution >= 0.6 is 0 Å². The van der Waals surface area contributed by atoms with E-state index in [9.17, 15) is 9.59 Å². The third kappa shape index (κ3) is 4.13. The van der Waals surface area contributed by atoms with Crippen molar-refractivity contribution in [3.63, 3.8) is 0 Å². The molecule has 0 bridgehead atoms. The summed E-state index contributed by atoms with van der Waals surface area (Å²) in [6, 6.07) is 9.21. The Bertz CT molecular complexity index is 916. The van der Waals surface area contributed by atoms with E-state index >= 15 is 0 Å². The predicted molar refractivity (Wildman–Crippen MR) is 111 cm³/mol. The van der Waals surface area contributed by atoms with Crippen molar-refractivity contribution < 1.29 is 23.8 Å². The summed E-state index contributed by atoms with van der Waals surface area (Å²) >= 11 is 0. The van der Waals surface area contributed by atoms with Crippen LogP contribution in [-0.4, -0.2) is 39.7 Å². The SMILES string of the molecule is COc1cc(NC(=O)C2CC(=O)N(c3ccc(C)c(C)c3)C2)cc(OC)c1OC. The first-order chi connectivity index (χ1) is 13.9. The highest BCUT2D eigenvalue weighted by molar-refractivity contribution is 6.03. The van der Waals surface area contributed by atoms with Crippen molar-refractivity contribution in [1.29, 1.82) is 0 Å². The van der Waals surface area contributed by atoms with Gasteiger partial charge in [0.15, 0.2) is 11.5 Å². The molecule has 0 radical (unpaired) electrons. The molecule has 0 saturated carbocycles.